The molecule has 1 aliphatic rings. The smallest absolute Gasteiger partial charge is 0.155 e. The number of nitrogen functional groups attached to an aromatic ring is 1. The Morgan fingerprint density at radius 3 is 2.78 bits per heavy atom. The average Bonchev–Trinajstić information content (AvgIpc) is 3.33. The summed E-state index contributed by atoms with van der Waals surface area (Å²) in [7, 11) is 3.62. The van der Waals surface area contributed by atoms with Crippen LogP contribution >= 0.6 is 0 Å². The molecule has 27 heavy (non-hydrogen) atoms. The molecule has 1 aliphatic carbocycles. The van der Waals surface area contributed by atoms with Gasteiger partial charge in [0, 0.05) is 32.1 Å². The van der Waals surface area contributed by atoms with Crippen LogP contribution in [0.2, 0.25) is 0 Å². The fourth-order valence-electron chi connectivity index (χ4n) is 3.54. The number of aryl methyl sites for hydroxylation is 1. The zero-order valence-electron chi connectivity index (χ0n) is 15.1. The number of anilines is 1. The maximum atomic E-state index is 6.26. The van der Waals surface area contributed by atoms with E-state index in [1.807, 2.05) is 40.9 Å². The number of nitrogens with two attached hydrogens (primary N) is 1. The number of nitrogens with zero attached hydrogens (tertiary/aromatic N) is 7. The van der Waals surface area contributed by atoms with Gasteiger partial charge < -0.3 is 10.5 Å². The van der Waals surface area contributed by atoms with E-state index in [0.717, 1.165) is 40.9 Å². The van der Waals surface area contributed by atoms with E-state index in [1.165, 1.54) is 0 Å². The summed E-state index contributed by atoms with van der Waals surface area (Å²) in [5.74, 6) is 0.467. The standard InChI is InChI=1S/C18H20N8O/c1-24-8-11(7-21-24)15-10-26-16(3-4-20-26)17(22-15)14-9-25(23-18(14)19)12-5-13(6-12)27-2/h3-4,7-10,12-13H,5-6H2,1-2H3,(H2,19,23). The molecule has 0 atom stereocenters. The third-order valence-electron chi connectivity index (χ3n) is 5.18. The lowest BCUT2D eigenvalue weighted by Crippen LogP contribution is -2.32. The number of aromatic nitrogens is 7. The second-order valence-corrected chi connectivity index (χ2v) is 6.93. The highest BCUT2D eigenvalue weighted by Gasteiger charge is 2.32. The molecule has 1 fully saturated rings. The molecular formula is C18H20N8O. The molecule has 0 spiro atoms. The van der Waals surface area contributed by atoms with Gasteiger partial charge in [0.25, 0.3) is 0 Å². The van der Waals surface area contributed by atoms with Gasteiger partial charge in [-0.2, -0.15) is 15.3 Å². The van der Waals surface area contributed by atoms with Gasteiger partial charge in [-0.1, -0.05) is 0 Å². The maximum absolute atomic E-state index is 6.26. The third kappa shape index (κ3) is 2.58. The Bertz CT molecular complexity index is 1120. The van der Waals surface area contributed by atoms with Crippen LogP contribution in [0.3, 0.4) is 0 Å². The van der Waals surface area contributed by atoms with Crippen LogP contribution in [0.15, 0.2) is 37.1 Å². The van der Waals surface area contributed by atoms with Gasteiger partial charge in [0.1, 0.15) is 5.69 Å². The normalized spacial score (nSPS) is 19.5. The quantitative estimate of drug-likeness (QED) is 0.594. The monoisotopic (exact) mass is 364 g/mol. The largest absolute Gasteiger partial charge is 0.382 e. The Morgan fingerprint density at radius 2 is 2.04 bits per heavy atom. The fraction of sp³-hybridized carbons (Fsp3) is 0.333. The zero-order valence-corrected chi connectivity index (χ0v) is 15.1. The van der Waals surface area contributed by atoms with Gasteiger partial charge in [-0.3, -0.25) is 9.36 Å². The van der Waals surface area contributed by atoms with Crippen molar-refractivity contribution in [1.82, 2.24) is 34.2 Å². The van der Waals surface area contributed by atoms with Crippen LogP contribution in [-0.4, -0.2) is 47.4 Å². The van der Waals surface area contributed by atoms with Crippen molar-refractivity contribution in [2.75, 3.05) is 12.8 Å². The topological polar surface area (TPSA) is 101 Å². The van der Waals surface area contributed by atoms with Gasteiger partial charge in [0.15, 0.2) is 5.82 Å². The van der Waals surface area contributed by atoms with E-state index in [-0.39, 0.29) is 0 Å². The molecule has 0 aromatic carbocycles. The molecule has 4 aromatic heterocycles. The lowest BCUT2D eigenvalue weighted by atomic mass is 9.89. The summed E-state index contributed by atoms with van der Waals surface area (Å²) in [6.45, 7) is 0. The van der Waals surface area contributed by atoms with Crippen LogP contribution in [0.1, 0.15) is 18.9 Å². The van der Waals surface area contributed by atoms with Gasteiger partial charge in [-0.05, 0) is 18.9 Å². The van der Waals surface area contributed by atoms with Crippen LogP contribution in [0.4, 0.5) is 5.82 Å². The highest BCUT2D eigenvalue weighted by atomic mass is 16.5. The second kappa shape index (κ2) is 5.92. The molecule has 0 amide bonds. The molecule has 5 rings (SSSR count). The van der Waals surface area contributed by atoms with E-state index >= 15 is 0 Å². The van der Waals surface area contributed by atoms with Crippen LogP contribution in [-0.2, 0) is 11.8 Å². The Kier molecular flexibility index (Phi) is 3.51. The molecule has 0 saturated heterocycles. The van der Waals surface area contributed by atoms with Crippen molar-refractivity contribution in [2.45, 2.75) is 25.0 Å². The Morgan fingerprint density at radius 1 is 1.19 bits per heavy atom. The number of fused-ring (bicyclic) bond motifs is 1. The molecule has 2 N–H and O–H groups in total. The molecule has 4 aromatic rings. The molecular weight excluding hydrogens is 344 g/mol. The first kappa shape index (κ1) is 16.0. The fourth-order valence-corrected chi connectivity index (χ4v) is 3.54. The second-order valence-electron chi connectivity index (χ2n) is 6.93. The molecule has 0 radical (unpaired) electrons. The van der Waals surface area contributed by atoms with Gasteiger partial charge >= 0.3 is 0 Å². The lowest BCUT2D eigenvalue weighted by molar-refractivity contribution is 0.00258. The van der Waals surface area contributed by atoms with Gasteiger partial charge in [0.2, 0.25) is 0 Å². The number of hydrogen-bond donors (Lipinski definition) is 1. The first-order valence-electron chi connectivity index (χ1n) is 8.83. The number of ether oxygens (including phenoxy) is 1. The summed E-state index contributed by atoms with van der Waals surface area (Å²) in [6.07, 6.45) is 11.5. The predicted octanol–water partition coefficient (Wildman–Crippen LogP) is 1.93. The number of methoxy groups -OCH3 is 1. The molecule has 9 heteroatoms. The van der Waals surface area contributed by atoms with Crippen LogP contribution in [0, 0.1) is 0 Å². The van der Waals surface area contributed by atoms with Crippen molar-refractivity contribution in [3.05, 3.63) is 37.1 Å². The van der Waals surface area contributed by atoms with Gasteiger partial charge in [-0.15, -0.1) is 0 Å². The Balaban J connectivity index is 1.60. The number of hydrogen-bond acceptors (Lipinski definition) is 6. The SMILES string of the molecule is COC1CC(n2cc(-c3nc(-c4cnn(C)c4)cn4nccc34)c(N)n2)C1. The molecule has 4 heterocycles. The Hall–Kier alpha value is -3.20. The third-order valence-corrected chi connectivity index (χ3v) is 5.18. The minimum absolute atomic E-state index is 0.303. The van der Waals surface area contributed by atoms with E-state index in [2.05, 4.69) is 15.3 Å². The summed E-state index contributed by atoms with van der Waals surface area (Å²) in [6, 6.07) is 2.24. The minimum Gasteiger partial charge on any atom is -0.382 e. The van der Waals surface area contributed by atoms with Crippen molar-refractivity contribution in [1.29, 1.82) is 0 Å². The maximum Gasteiger partial charge on any atom is 0.155 e. The highest BCUT2D eigenvalue weighted by molar-refractivity contribution is 5.83. The molecule has 0 unspecified atom stereocenters. The molecule has 138 valence electrons. The molecule has 1 saturated carbocycles. The Labute approximate surface area is 155 Å². The predicted molar refractivity (Wildman–Crippen MR) is 99.9 cm³/mol. The molecule has 0 bridgehead atoms. The van der Waals surface area contributed by atoms with E-state index in [1.54, 1.807) is 24.2 Å². The van der Waals surface area contributed by atoms with Crippen LogP contribution < -0.4 is 5.73 Å². The first-order valence-corrected chi connectivity index (χ1v) is 8.83. The molecule has 9 nitrogen and oxygen atoms in total. The van der Waals surface area contributed by atoms with E-state index in [4.69, 9.17) is 15.5 Å². The highest BCUT2D eigenvalue weighted by Crippen LogP contribution is 2.37. The summed E-state index contributed by atoms with van der Waals surface area (Å²) in [5.41, 5.74) is 10.4. The zero-order chi connectivity index (χ0) is 18.5. The number of rotatable bonds is 4. The van der Waals surface area contributed by atoms with E-state index < -0.39 is 0 Å². The summed E-state index contributed by atoms with van der Waals surface area (Å²) < 4.78 is 10.9. The molecule has 0 aliphatic heterocycles. The lowest BCUT2D eigenvalue weighted by Gasteiger charge is -2.34. The van der Waals surface area contributed by atoms with E-state index in [9.17, 15) is 0 Å². The van der Waals surface area contributed by atoms with E-state index in [0.29, 0.717) is 18.0 Å². The minimum atomic E-state index is 0.303. The average molecular weight is 364 g/mol. The van der Waals surface area contributed by atoms with Crippen molar-refractivity contribution in [2.24, 2.45) is 7.05 Å². The van der Waals surface area contributed by atoms with Crippen molar-refractivity contribution < 1.29 is 4.74 Å². The van der Waals surface area contributed by atoms with Crippen molar-refractivity contribution in [3.63, 3.8) is 0 Å². The van der Waals surface area contributed by atoms with Crippen LogP contribution in [0.25, 0.3) is 28.0 Å². The van der Waals surface area contributed by atoms with Gasteiger partial charge in [-0.25, -0.2) is 9.50 Å². The first-order chi connectivity index (χ1) is 13.1. The van der Waals surface area contributed by atoms with Crippen molar-refractivity contribution in [3.8, 4) is 22.5 Å². The van der Waals surface area contributed by atoms with Crippen molar-refractivity contribution >= 4 is 11.3 Å². The van der Waals surface area contributed by atoms with Crippen LogP contribution in [0.5, 0.6) is 0 Å². The summed E-state index contributed by atoms with van der Waals surface area (Å²) >= 11 is 0. The van der Waals surface area contributed by atoms with Gasteiger partial charge in [0.05, 0.1) is 47.5 Å². The summed E-state index contributed by atoms with van der Waals surface area (Å²) in [4.78, 5) is 4.86. The summed E-state index contributed by atoms with van der Waals surface area (Å²) in [5, 5.41) is 13.1.